The van der Waals surface area contributed by atoms with Crippen molar-refractivity contribution in [1.29, 1.82) is 5.26 Å². The molecule has 3 heterocycles. The summed E-state index contributed by atoms with van der Waals surface area (Å²) in [6, 6.07) is 25.2. The van der Waals surface area contributed by atoms with Crippen molar-refractivity contribution in [3.05, 3.63) is 107 Å². The number of aromatic nitrogens is 1. The quantitative estimate of drug-likeness (QED) is 0.165. The van der Waals surface area contributed by atoms with Gasteiger partial charge < -0.3 is 18.9 Å². The van der Waals surface area contributed by atoms with Gasteiger partial charge in [0.25, 0.3) is 5.91 Å². The minimum absolute atomic E-state index is 0.165. The van der Waals surface area contributed by atoms with Gasteiger partial charge in [-0.1, -0.05) is 53.8 Å². The smallest absolute Gasteiger partial charge is 0.338 e. The number of nitrogens with zero attached hydrogens (tertiary/aromatic N) is 2. The van der Waals surface area contributed by atoms with Crippen molar-refractivity contribution in [3.8, 4) is 28.7 Å². The van der Waals surface area contributed by atoms with E-state index >= 15 is 0 Å². The largest absolute Gasteiger partial charge is 0.462 e. The van der Waals surface area contributed by atoms with Crippen LogP contribution < -0.4 is 5.32 Å². The number of ether oxygens (including phenoxy) is 1. The molecule has 1 N–H and O–H groups in total. The number of nitrogens with one attached hydrogen (secondary N) is 1. The molecular formula is C30H21N3O5S. The molecular weight excluding hydrogens is 514 g/mol. The molecule has 0 aliphatic rings. The van der Waals surface area contributed by atoms with E-state index in [-0.39, 0.29) is 17.3 Å². The SMILES string of the molecule is CCOC(=O)c1ccc(-c2ccc(C=C(C#N)c3nc(-c4ccccc4)c(NC(=O)c4ccco4)s3)o2)cc1. The molecule has 9 heteroatoms. The van der Waals surface area contributed by atoms with Crippen LogP contribution in [0.1, 0.15) is 38.6 Å². The summed E-state index contributed by atoms with van der Waals surface area (Å²) in [6.07, 6.45) is 3.02. The zero-order valence-corrected chi connectivity index (χ0v) is 21.5. The van der Waals surface area contributed by atoms with Crippen molar-refractivity contribution in [2.45, 2.75) is 6.92 Å². The molecule has 0 bridgehead atoms. The van der Waals surface area contributed by atoms with Crippen LogP contribution in [0.25, 0.3) is 34.2 Å². The fourth-order valence-corrected chi connectivity index (χ4v) is 4.69. The van der Waals surface area contributed by atoms with Crippen LogP contribution >= 0.6 is 11.3 Å². The molecule has 1 amide bonds. The number of anilines is 1. The minimum atomic E-state index is -0.417. The van der Waals surface area contributed by atoms with Gasteiger partial charge in [0.05, 0.1) is 24.0 Å². The third kappa shape index (κ3) is 5.71. The van der Waals surface area contributed by atoms with Gasteiger partial charge in [-0.2, -0.15) is 5.26 Å². The van der Waals surface area contributed by atoms with Crippen LogP contribution in [-0.2, 0) is 4.74 Å². The van der Waals surface area contributed by atoms with Crippen LogP contribution in [0, 0.1) is 11.3 Å². The molecule has 3 aromatic heterocycles. The average Bonchev–Trinajstić information content (AvgIpc) is 3.74. The van der Waals surface area contributed by atoms with E-state index in [0.29, 0.717) is 39.4 Å². The Hall–Kier alpha value is -5.20. The fraction of sp³-hybridized carbons (Fsp3) is 0.0667. The van der Waals surface area contributed by atoms with Gasteiger partial charge in [-0.3, -0.25) is 4.79 Å². The summed E-state index contributed by atoms with van der Waals surface area (Å²) in [5.41, 5.74) is 2.82. The molecule has 0 atom stereocenters. The lowest BCUT2D eigenvalue weighted by atomic mass is 10.1. The normalized spacial score (nSPS) is 11.1. The van der Waals surface area contributed by atoms with E-state index in [1.54, 1.807) is 61.5 Å². The standard InChI is InChI=1S/C30H21N3O5S/c1-2-36-30(35)21-12-10-19(11-13-21)24-15-14-23(38-24)17-22(18-31)28-32-26(20-7-4-3-5-8-20)29(39-28)33-27(34)25-9-6-16-37-25/h3-17H,2H2,1H3,(H,33,34). The third-order valence-electron chi connectivity index (χ3n) is 5.59. The van der Waals surface area contributed by atoms with Crippen LogP contribution in [0.3, 0.4) is 0 Å². The number of thiazole rings is 1. The van der Waals surface area contributed by atoms with Gasteiger partial charge in [-0.15, -0.1) is 0 Å². The van der Waals surface area contributed by atoms with Crippen molar-refractivity contribution >= 4 is 39.9 Å². The predicted molar refractivity (Wildman–Crippen MR) is 148 cm³/mol. The second-order valence-corrected chi connectivity index (χ2v) is 9.16. The molecule has 0 saturated carbocycles. The topological polar surface area (TPSA) is 118 Å². The molecule has 5 aromatic rings. The summed E-state index contributed by atoms with van der Waals surface area (Å²) < 4.78 is 16.2. The maximum Gasteiger partial charge on any atom is 0.338 e. The van der Waals surface area contributed by atoms with E-state index in [9.17, 15) is 14.9 Å². The molecule has 8 nitrogen and oxygen atoms in total. The summed E-state index contributed by atoms with van der Waals surface area (Å²) in [7, 11) is 0. The molecule has 0 radical (unpaired) electrons. The van der Waals surface area contributed by atoms with Crippen molar-refractivity contribution in [2.75, 3.05) is 11.9 Å². The summed E-state index contributed by atoms with van der Waals surface area (Å²) in [5, 5.41) is 13.7. The van der Waals surface area contributed by atoms with Gasteiger partial charge in [0.15, 0.2) is 5.76 Å². The first kappa shape index (κ1) is 25.4. The summed E-state index contributed by atoms with van der Waals surface area (Å²) in [4.78, 5) is 29.3. The predicted octanol–water partition coefficient (Wildman–Crippen LogP) is 7.16. The van der Waals surface area contributed by atoms with Crippen LogP contribution in [-0.4, -0.2) is 23.5 Å². The maximum absolute atomic E-state index is 12.7. The highest BCUT2D eigenvalue weighted by atomic mass is 32.1. The van der Waals surface area contributed by atoms with Crippen molar-refractivity contribution < 1.29 is 23.2 Å². The molecule has 2 aromatic carbocycles. The first-order valence-corrected chi connectivity index (χ1v) is 12.8. The Bertz CT molecular complexity index is 1670. The minimum Gasteiger partial charge on any atom is -0.462 e. The van der Waals surface area contributed by atoms with E-state index in [4.69, 9.17) is 13.6 Å². The average molecular weight is 536 g/mol. The van der Waals surface area contributed by atoms with Crippen molar-refractivity contribution in [1.82, 2.24) is 4.98 Å². The third-order valence-corrected chi connectivity index (χ3v) is 6.60. The Morgan fingerprint density at radius 3 is 2.51 bits per heavy atom. The molecule has 0 spiro atoms. The number of esters is 1. The zero-order chi connectivity index (χ0) is 27.2. The Morgan fingerprint density at radius 1 is 1.03 bits per heavy atom. The monoisotopic (exact) mass is 535 g/mol. The zero-order valence-electron chi connectivity index (χ0n) is 20.7. The number of hydrogen-bond donors (Lipinski definition) is 1. The van der Waals surface area contributed by atoms with Crippen molar-refractivity contribution in [2.24, 2.45) is 0 Å². The summed E-state index contributed by atoms with van der Waals surface area (Å²) in [5.74, 6) is 0.389. The van der Waals surface area contributed by atoms with Gasteiger partial charge in [0.2, 0.25) is 0 Å². The Balaban J connectivity index is 1.44. The van der Waals surface area contributed by atoms with Gasteiger partial charge >= 0.3 is 5.97 Å². The number of hydrogen-bond acceptors (Lipinski definition) is 8. The maximum atomic E-state index is 12.7. The second-order valence-electron chi connectivity index (χ2n) is 8.16. The highest BCUT2D eigenvalue weighted by Crippen LogP contribution is 2.37. The molecule has 0 saturated heterocycles. The number of carbonyl (C=O) groups excluding carboxylic acids is 2. The van der Waals surface area contributed by atoms with E-state index < -0.39 is 5.91 Å². The van der Waals surface area contributed by atoms with E-state index in [1.165, 1.54) is 17.6 Å². The van der Waals surface area contributed by atoms with E-state index in [1.807, 2.05) is 30.3 Å². The number of amides is 1. The number of furan rings is 2. The molecule has 0 fully saturated rings. The Morgan fingerprint density at radius 2 is 1.82 bits per heavy atom. The lowest BCUT2D eigenvalue weighted by Gasteiger charge is -2.03. The number of allylic oxidation sites excluding steroid dienone is 1. The number of rotatable bonds is 8. The highest BCUT2D eigenvalue weighted by molar-refractivity contribution is 7.17. The first-order valence-electron chi connectivity index (χ1n) is 12.0. The summed E-state index contributed by atoms with van der Waals surface area (Å²) in [6.45, 7) is 2.06. The van der Waals surface area contributed by atoms with Gasteiger partial charge in [0, 0.05) is 17.2 Å². The first-order chi connectivity index (χ1) is 19.1. The molecule has 0 aliphatic carbocycles. The van der Waals surface area contributed by atoms with E-state index in [2.05, 4.69) is 16.4 Å². The highest BCUT2D eigenvalue weighted by Gasteiger charge is 2.20. The van der Waals surface area contributed by atoms with Gasteiger partial charge in [-0.05, 0) is 43.3 Å². The molecule has 0 unspecified atom stereocenters. The van der Waals surface area contributed by atoms with Gasteiger partial charge in [-0.25, -0.2) is 9.78 Å². The number of benzene rings is 2. The van der Waals surface area contributed by atoms with Crippen LogP contribution in [0.5, 0.6) is 0 Å². The Kier molecular flexibility index (Phi) is 7.48. The summed E-state index contributed by atoms with van der Waals surface area (Å²) >= 11 is 1.18. The van der Waals surface area contributed by atoms with Crippen LogP contribution in [0.4, 0.5) is 5.00 Å². The lowest BCUT2D eigenvalue weighted by Crippen LogP contribution is -2.10. The molecule has 192 valence electrons. The van der Waals surface area contributed by atoms with E-state index in [0.717, 1.165) is 11.1 Å². The number of carbonyl (C=O) groups is 2. The van der Waals surface area contributed by atoms with Gasteiger partial charge in [0.1, 0.15) is 33.3 Å². The van der Waals surface area contributed by atoms with Crippen LogP contribution in [0.15, 0.2) is 94.0 Å². The Labute approximate surface area is 227 Å². The molecule has 5 rings (SSSR count). The van der Waals surface area contributed by atoms with Crippen molar-refractivity contribution in [3.63, 3.8) is 0 Å². The lowest BCUT2D eigenvalue weighted by molar-refractivity contribution is 0.0526. The van der Waals surface area contributed by atoms with Crippen LogP contribution in [0.2, 0.25) is 0 Å². The molecule has 0 aliphatic heterocycles. The fourth-order valence-electron chi connectivity index (χ4n) is 3.74. The second kappa shape index (κ2) is 11.5. The number of nitriles is 1. The molecule has 39 heavy (non-hydrogen) atoms.